The molecule has 0 aliphatic rings. The van der Waals surface area contributed by atoms with Gasteiger partial charge in [-0.3, -0.25) is 0 Å². The summed E-state index contributed by atoms with van der Waals surface area (Å²) in [5.41, 5.74) is 2.45. The SMILES string of the molecule is CCCNC(=S)Nc1ccccc1[C@@H](C)CC. The molecule has 1 rings (SSSR count). The van der Waals surface area contributed by atoms with E-state index in [9.17, 15) is 0 Å². The summed E-state index contributed by atoms with van der Waals surface area (Å²) in [6.07, 6.45) is 2.21. The lowest BCUT2D eigenvalue weighted by atomic mass is 9.97. The molecule has 3 heteroatoms. The fraction of sp³-hybridized carbons (Fsp3) is 0.500. The Hall–Kier alpha value is -1.09. The first-order valence-corrected chi connectivity index (χ1v) is 6.73. The molecule has 1 aromatic rings. The highest BCUT2D eigenvalue weighted by Crippen LogP contribution is 2.26. The normalized spacial score (nSPS) is 11.9. The van der Waals surface area contributed by atoms with Gasteiger partial charge < -0.3 is 10.6 Å². The van der Waals surface area contributed by atoms with Gasteiger partial charge in [-0.15, -0.1) is 0 Å². The minimum atomic E-state index is 0.549. The quantitative estimate of drug-likeness (QED) is 0.775. The van der Waals surface area contributed by atoms with Crippen molar-refractivity contribution in [3.8, 4) is 0 Å². The molecule has 0 fully saturated rings. The first-order chi connectivity index (χ1) is 8.19. The lowest BCUT2D eigenvalue weighted by Crippen LogP contribution is -2.29. The smallest absolute Gasteiger partial charge is 0.170 e. The maximum Gasteiger partial charge on any atom is 0.170 e. The molecule has 1 atom stereocenters. The second-order valence-electron chi connectivity index (χ2n) is 4.28. The summed E-state index contributed by atoms with van der Waals surface area (Å²) in [5.74, 6) is 0.549. The Labute approximate surface area is 110 Å². The van der Waals surface area contributed by atoms with Crippen LogP contribution < -0.4 is 10.6 Å². The van der Waals surface area contributed by atoms with Crippen molar-refractivity contribution in [1.82, 2.24) is 5.32 Å². The zero-order valence-corrected chi connectivity index (χ0v) is 11.7. The lowest BCUT2D eigenvalue weighted by molar-refractivity contribution is 0.735. The molecule has 0 radical (unpaired) electrons. The Bertz CT molecular complexity index is 363. The zero-order valence-electron chi connectivity index (χ0n) is 10.9. The number of hydrogen-bond donors (Lipinski definition) is 2. The molecule has 0 heterocycles. The minimum absolute atomic E-state index is 0.549. The van der Waals surface area contributed by atoms with Gasteiger partial charge in [0.1, 0.15) is 0 Å². The fourth-order valence-electron chi connectivity index (χ4n) is 1.67. The molecule has 2 nitrogen and oxygen atoms in total. The summed E-state index contributed by atoms with van der Waals surface area (Å²) in [4.78, 5) is 0. The third kappa shape index (κ3) is 4.35. The van der Waals surface area contributed by atoms with E-state index in [-0.39, 0.29) is 0 Å². The molecule has 0 aromatic heterocycles. The van der Waals surface area contributed by atoms with E-state index in [1.165, 1.54) is 5.56 Å². The fourth-order valence-corrected chi connectivity index (χ4v) is 1.88. The van der Waals surface area contributed by atoms with E-state index in [0.717, 1.165) is 25.1 Å². The van der Waals surface area contributed by atoms with E-state index in [1.54, 1.807) is 0 Å². The Morgan fingerprint density at radius 1 is 1.29 bits per heavy atom. The summed E-state index contributed by atoms with van der Waals surface area (Å²) in [6.45, 7) is 7.48. The highest BCUT2D eigenvalue weighted by molar-refractivity contribution is 7.80. The van der Waals surface area contributed by atoms with Crippen LogP contribution in [0.5, 0.6) is 0 Å². The van der Waals surface area contributed by atoms with Gasteiger partial charge in [0.15, 0.2) is 5.11 Å². The van der Waals surface area contributed by atoms with Crippen LogP contribution in [0, 0.1) is 0 Å². The molecule has 2 N–H and O–H groups in total. The summed E-state index contributed by atoms with van der Waals surface area (Å²) >= 11 is 5.26. The number of benzene rings is 1. The third-order valence-electron chi connectivity index (χ3n) is 2.89. The van der Waals surface area contributed by atoms with Crippen LogP contribution in [-0.4, -0.2) is 11.7 Å². The Kier molecular flexibility index (Phi) is 5.98. The van der Waals surface area contributed by atoms with Gasteiger partial charge in [-0.25, -0.2) is 0 Å². The van der Waals surface area contributed by atoms with Crippen LogP contribution >= 0.6 is 12.2 Å². The number of para-hydroxylation sites is 1. The summed E-state index contributed by atoms with van der Waals surface area (Å²) in [7, 11) is 0. The Balaban J connectivity index is 2.73. The third-order valence-corrected chi connectivity index (χ3v) is 3.13. The molecule has 0 aliphatic heterocycles. The molecule has 0 spiro atoms. The van der Waals surface area contributed by atoms with Crippen LogP contribution in [0.2, 0.25) is 0 Å². The van der Waals surface area contributed by atoms with Crippen LogP contribution in [0.4, 0.5) is 5.69 Å². The largest absolute Gasteiger partial charge is 0.362 e. The standard InChI is InChI=1S/C14H22N2S/c1-4-10-15-14(17)16-13-9-7-6-8-12(13)11(3)5-2/h6-9,11H,4-5,10H2,1-3H3,(H2,15,16,17)/t11-/m0/s1. The zero-order chi connectivity index (χ0) is 12.7. The number of thiocarbonyl (C=S) groups is 1. The van der Waals surface area contributed by atoms with Crippen molar-refractivity contribution < 1.29 is 0 Å². The summed E-state index contributed by atoms with van der Waals surface area (Å²) < 4.78 is 0. The van der Waals surface area contributed by atoms with Crippen LogP contribution in [0.3, 0.4) is 0 Å². The highest BCUT2D eigenvalue weighted by atomic mass is 32.1. The lowest BCUT2D eigenvalue weighted by Gasteiger charge is -2.17. The van der Waals surface area contributed by atoms with E-state index >= 15 is 0 Å². The number of nitrogens with one attached hydrogen (secondary N) is 2. The van der Waals surface area contributed by atoms with E-state index in [0.29, 0.717) is 11.0 Å². The molecule has 0 unspecified atom stereocenters. The van der Waals surface area contributed by atoms with Crippen molar-refractivity contribution in [3.63, 3.8) is 0 Å². The maximum absolute atomic E-state index is 5.26. The summed E-state index contributed by atoms with van der Waals surface area (Å²) in [6, 6.07) is 8.37. The average Bonchev–Trinajstić information content (AvgIpc) is 2.36. The molecule has 17 heavy (non-hydrogen) atoms. The van der Waals surface area contributed by atoms with E-state index < -0.39 is 0 Å². The van der Waals surface area contributed by atoms with Crippen LogP contribution in [-0.2, 0) is 0 Å². The van der Waals surface area contributed by atoms with Crippen molar-refractivity contribution in [1.29, 1.82) is 0 Å². The average molecular weight is 250 g/mol. The van der Waals surface area contributed by atoms with Crippen LogP contribution in [0.15, 0.2) is 24.3 Å². The van der Waals surface area contributed by atoms with Gasteiger partial charge in [0, 0.05) is 12.2 Å². The van der Waals surface area contributed by atoms with Gasteiger partial charge in [-0.1, -0.05) is 39.0 Å². The van der Waals surface area contributed by atoms with Crippen molar-refractivity contribution in [2.24, 2.45) is 0 Å². The van der Waals surface area contributed by atoms with Gasteiger partial charge in [0.25, 0.3) is 0 Å². The Morgan fingerprint density at radius 3 is 2.65 bits per heavy atom. The molecular formula is C14H22N2S. The van der Waals surface area contributed by atoms with Crippen LogP contribution in [0.25, 0.3) is 0 Å². The predicted molar refractivity (Wildman–Crippen MR) is 79.7 cm³/mol. The first kappa shape index (κ1) is 14.0. The van der Waals surface area contributed by atoms with Crippen molar-refractivity contribution >= 4 is 23.0 Å². The van der Waals surface area contributed by atoms with Gasteiger partial charge in [0.2, 0.25) is 0 Å². The van der Waals surface area contributed by atoms with Gasteiger partial charge in [-0.2, -0.15) is 0 Å². The van der Waals surface area contributed by atoms with Gasteiger partial charge in [0.05, 0.1) is 0 Å². The molecule has 0 saturated carbocycles. The van der Waals surface area contributed by atoms with Crippen molar-refractivity contribution in [3.05, 3.63) is 29.8 Å². The van der Waals surface area contributed by atoms with Gasteiger partial charge in [-0.05, 0) is 42.6 Å². The topological polar surface area (TPSA) is 24.1 Å². The number of hydrogen-bond acceptors (Lipinski definition) is 1. The second-order valence-corrected chi connectivity index (χ2v) is 4.69. The molecular weight excluding hydrogens is 228 g/mol. The van der Waals surface area contributed by atoms with Crippen molar-refractivity contribution in [2.45, 2.75) is 39.5 Å². The van der Waals surface area contributed by atoms with Crippen LogP contribution in [0.1, 0.15) is 45.1 Å². The number of anilines is 1. The molecule has 0 aliphatic carbocycles. The van der Waals surface area contributed by atoms with Gasteiger partial charge >= 0.3 is 0 Å². The second kappa shape index (κ2) is 7.28. The minimum Gasteiger partial charge on any atom is -0.362 e. The Morgan fingerprint density at radius 2 is 2.00 bits per heavy atom. The van der Waals surface area contributed by atoms with E-state index in [4.69, 9.17) is 12.2 Å². The van der Waals surface area contributed by atoms with E-state index in [1.807, 2.05) is 6.07 Å². The highest BCUT2D eigenvalue weighted by Gasteiger charge is 2.08. The number of rotatable bonds is 5. The van der Waals surface area contributed by atoms with E-state index in [2.05, 4.69) is 49.6 Å². The molecule has 0 saturated heterocycles. The predicted octanol–water partition coefficient (Wildman–Crippen LogP) is 3.90. The summed E-state index contributed by atoms with van der Waals surface area (Å²) in [5, 5.41) is 7.18. The molecule has 1 aromatic carbocycles. The molecule has 0 bridgehead atoms. The monoisotopic (exact) mass is 250 g/mol. The maximum atomic E-state index is 5.26. The van der Waals surface area contributed by atoms with Crippen molar-refractivity contribution in [2.75, 3.05) is 11.9 Å². The molecule has 94 valence electrons. The molecule has 0 amide bonds. The first-order valence-electron chi connectivity index (χ1n) is 6.32.